The first-order chi connectivity index (χ1) is 40.4. The third-order valence-electron chi connectivity index (χ3n) is 15.3. The van der Waals surface area contributed by atoms with Gasteiger partial charge in [-0.2, -0.15) is 0 Å². The number of esters is 4. The largest absolute Gasteiger partial charge is 0.472 e. The number of carbonyl (C=O) groups is 4. The van der Waals surface area contributed by atoms with E-state index in [0.717, 1.165) is 115 Å². The Balaban J connectivity index is 5.15. The molecule has 0 aliphatic carbocycles. The summed E-state index contributed by atoms with van der Waals surface area (Å²) in [6.07, 6.45) is 40.7. The predicted octanol–water partition coefficient (Wildman–Crippen LogP) is 18.0. The lowest BCUT2D eigenvalue weighted by atomic mass is 9.99. The number of ether oxygens (including phenoxy) is 4. The molecule has 17 nitrogen and oxygen atoms in total. The minimum absolute atomic E-state index is 0.104. The van der Waals surface area contributed by atoms with Crippen molar-refractivity contribution in [2.24, 2.45) is 11.8 Å². The maximum absolute atomic E-state index is 13.0. The van der Waals surface area contributed by atoms with Gasteiger partial charge in [0.1, 0.15) is 19.3 Å². The highest BCUT2D eigenvalue weighted by Gasteiger charge is 2.30. The van der Waals surface area contributed by atoms with E-state index in [-0.39, 0.29) is 25.7 Å². The second-order valence-electron chi connectivity index (χ2n) is 24.2. The molecule has 0 aliphatic rings. The Kier molecular flexibility index (Phi) is 56.2. The summed E-state index contributed by atoms with van der Waals surface area (Å²) in [6, 6.07) is 0. The average molecular weight is 1240 g/mol. The minimum atomic E-state index is -4.94. The number of phosphoric ester groups is 2. The monoisotopic (exact) mass is 1240 g/mol. The Morgan fingerprint density at radius 2 is 0.607 bits per heavy atom. The second kappa shape index (κ2) is 57.5. The van der Waals surface area contributed by atoms with Crippen LogP contribution in [0.2, 0.25) is 0 Å². The normalized spacial score (nSPS) is 14.6. The molecule has 0 aromatic carbocycles. The minimum Gasteiger partial charge on any atom is -0.462 e. The summed E-state index contributed by atoms with van der Waals surface area (Å²) in [5.41, 5.74) is 0. The summed E-state index contributed by atoms with van der Waals surface area (Å²) in [4.78, 5) is 71.9. The molecule has 6 atom stereocenters. The third-order valence-corrected chi connectivity index (χ3v) is 17.2. The van der Waals surface area contributed by atoms with E-state index < -0.39 is 97.5 Å². The molecule has 0 amide bonds. The van der Waals surface area contributed by atoms with Crippen molar-refractivity contribution in [2.45, 2.75) is 342 Å². The molecule has 0 aliphatic heterocycles. The molecule has 0 saturated heterocycles. The van der Waals surface area contributed by atoms with Crippen LogP contribution in [0.4, 0.5) is 0 Å². The van der Waals surface area contributed by atoms with Crippen LogP contribution in [0.5, 0.6) is 0 Å². The lowest BCUT2D eigenvalue weighted by Crippen LogP contribution is -2.30. The predicted molar refractivity (Wildman–Crippen MR) is 335 cm³/mol. The number of hydrogen-bond acceptors (Lipinski definition) is 15. The van der Waals surface area contributed by atoms with Gasteiger partial charge in [-0.3, -0.25) is 37.3 Å². The molecule has 3 unspecified atom stereocenters. The van der Waals surface area contributed by atoms with Crippen LogP contribution in [0.25, 0.3) is 0 Å². The molecule has 498 valence electrons. The summed E-state index contributed by atoms with van der Waals surface area (Å²) < 4.78 is 67.8. The van der Waals surface area contributed by atoms with E-state index in [1.165, 1.54) is 128 Å². The number of aliphatic hydroxyl groups is 1. The van der Waals surface area contributed by atoms with E-state index in [4.69, 9.17) is 37.0 Å². The van der Waals surface area contributed by atoms with E-state index in [1.54, 1.807) is 0 Å². The lowest BCUT2D eigenvalue weighted by molar-refractivity contribution is -0.161. The van der Waals surface area contributed by atoms with E-state index in [0.29, 0.717) is 25.7 Å². The van der Waals surface area contributed by atoms with Crippen LogP contribution in [0.1, 0.15) is 324 Å². The molecule has 0 radical (unpaired) electrons. The zero-order chi connectivity index (χ0) is 62.2. The first kappa shape index (κ1) is 82.1. The molecule has 3 N–H and O–H groups in total. The molecule has 0 saturated carbocycles. The molecule has 19 heteroatoms. The van der Waals surface area contributed by atoms with Crippen molar-refractivity contribution in [2.75, 3.05) is 39.6 Å². The Labute approximate surface area is 511 Å². The molecule has 0 fully saturated rings. The fraction of sp³-hybridized carbons (Fsp3) is 0.938. The summed E-state index contributed by atoms with van der Waals surface area (Å²) in [7, 11) is -9.88. The van der Waals surface area contributed by atoms with Gasteiger partial charge in [0, 0.05) is 25.7 Å². The van der Waals surface area contributed by atoms with Gasteiger partial charge in [-0.1, -0.05) is 273 Å². The van der Waals surface area contributed by atoms with Crippen LogP contribution in [-0.4, -0.2) is 96.7 Å². The van der Waals surface area contributed by atoms with Crippen molar-refractivity contribution in [1.29, 1.82) is 0 Å². The molecule has 0 aromatic heterocycles. The van der Waals surface area contributed by atoms with Gasteiger partial charge in [-0.25, -0.2) is 9.13 Å². The highest BCUT2D eigenvalue weighted by Crippen LogP contribution is 2.45. The molecule has 0 spiro atoms. The van der Waals surface area contributed by atoms with E-state index in [1.807, 2.05) is 0 Å². The molecule has 0 heterocycles. The number of rotatable bonds is 64. The summed E-state index contributed by atoms with van der Waals surface area (Å²) in [6.45, 7) is 9.44. The highest BCUT2D eigenvalue weighted by molar-refractivity contribution is 7.47. The topological polar surface area (TPSA) is 237 Å². The molecule has 0 bridgehead atoms. The Morgan fingerprint density at radius 3 is 0.905 bits per heavy atom. The summed E-state index contributed by atoms with van der Waals surface area (Å²) >= 11 is 0. The van der Waals surface area contributed by atoms with Gasteiger partial charge in [0.25, 0.3) is 0 Å². The van der Waals surface area contributed by atoms with Crippen molar-refractivity contribution in [3.05, 3.63) is 0 Å². The fourth-order valence-corrected chi connectivity index (χ4v) is 11.3. The molecule has 0 rings (SSSR count). The SMILES string of the molecule is CCCCCCCCCCC(=O)O[C@H](COC(=O)CCCCCCC)COP(=O)(O)OC[C@H](O)COP(=O)(O)OC[C@@H](COC(=O)CCCCCCCCCCCCC(C)CC)OC(=O)CCCCCCCCCCCCCCCCC(C)C. The van der Waals surface area contributed by atoms with E-state index in [2.05, 4.69) is 41.5 Å². The Hall–Kier alpha value is -1.94. The zero-order valence-electron chi connectivity index (χ0n) is 54.2. The maximum atomic E-state index is 13.0. The van der Waals surface area contributed by atoms with Gasteiger partial charge in [-0.15, -0.1) is 0 Å². The number of unbranched alkanes of at least 4 members (excludes halogenated alkanes) is 33. The first-order valence-corrected chi connectivity index (χ1v) is 37.0. The van der Waals surface area contributed by atoms with Crippen LogP contribution in [0, 0.1) is 11.8 Å². The average Bonchev–Trinajstić information content (AvgIpc) is 3.61. The summed E-state index contributed by atoms with van der Waals surface area (Å²) in [5.74, 6) is -0.540. The van der Waals surface area contributed by atoms with Crippen molar-refractivity contribution in [1.82, 2.24) is 0 Å². The van der Waals surface area contributed by atoms with Crippen molar-refractivity contribution >= 4 is 39.5 Å². The Morgan fingerprint density at radius 1 is 0.345 bits per heavy atom. The quantitative estimate of drug-likeness (QED) is 0.0222. The summed E-state index contributed by atoms with van der Waals surface area (Å²) in [5, 5.41) is 10.5. The van der Waals surface area contributed by atoms with Crippen molar-refractivity contribution < 1.29 is 80.2 Å². The molecule has 84 heavy (non-hydrogen) atoms. The van der Waals surface area contributed by atoms with Crippen molar-refractivity contribution in [3.63, 3.8) is 0 Å². The number of phosphoric acid groups is 2. The fourth-order valence-electron chi connectivity index (χ4n) is 9.68. The van der Waals surface area contributed by atoms with Crippen LogP contribution < -0.4 is 0 Å². The Bertz CT molecular complexity index is 1650. The standard InChI is InChI=1S/C65H126O17P2/c1-7-10-12-14-15-30-37-43-49-64(69)81-60(53-75-62(67)47-41-33-13-11-8-2)55-79-83(71,72)77-51-59(66)52-78-84(73,74)80-56-61(54-76-63(68)48-42-36-31-26-23-22-25-29-35-40-46-58(6)9-3)82-65(70)50-44-38-32-27-21-19-17-16-18-20-24-28-34-39-45-57(4)5/h57-61,66H,7-56H2,1-6H3,(H,71,72)(H,73,74)/t58?,59-,60+,61+/m0/s1. The van der Waals surface area contributed by atoms with E-state index in [9.17, 15) is 43.2 Å². The number of hydrogen-bond donors (Lipinski definition) is 3. The van der Waals surface area contributed by atoms with Crippen LogP contribution >= 0.6 is 15.6 Å². The third kappa shape index (κ3) is 57.8. The van der Waals surface area contributed by atoms with Crippen molar-refractivity contribution in [3.8, 4) is 0 Å². The van der Waals surface area contributed by atoms with Gasteiger partial charge in [0.05, 0.1) is 26.4 Å². The molecular formula is C65H126O17P2. The number of aliphatic hydroxyl groups excluding tert-OH is 1. The molecular weight excluding hydrogens is 1110 g/mol. The van der Waals surface area contributed by atoms with Gasteiger partial charge in [0.15, 0.2) is 12.2 Å². The maximum Gasteiger partial charge on any atom is 0.472 e. The smallest absolute Gasteiger partial charge is 0.462 e. The zero-order valence-corrected chi connectivity index (χ0v) is 56.0. The van der Waals surface area contributed by atoms with Gasteiger partial charge in [-0.05, 0) is 37.5 Å². The van der Waals surface area contributed by atoms with Gasteiger partial charge >= 0.3 is 39.5 Å². The van der Waals surface area contributed by atoms with Crippen LogP contribution in [0.3, 0.4) is 0 Å². The van der Waals surface area contributed by atoms with Crippen LogP contribution in [0.15, 0.2) is 0 Å². The molecule has 0 aromatic rings. The van der Waals surface area contributed by atoms with E-state index >= 15 is 0 Å². The highest BCUT2D eigenvalue weighted by atomic mass is 31.2. The lowest BCUT2D eigenvalue weighted by Gasteiger charge is -2.21. The van der Waals surface area contributed by atoms with Gasteiger partial charge < -0.3 is 33.8 Å². The van der Waals surface area contributed by atoms with Gasteiger partial charge in [0.2, 0.25) is 0 Å². The van der Waals surface area contributed by atoms with Crippen LogP contribution in [-0.2, 0) is 65.4 Å². The second-order valence-corrected chi connectivity index (χ2v) is 27.1. The first-order valence-electron chi connectivity index (χ1n) is 34.0. The number of carbonyl (C=O) groups excluding carboxylic acids is 4.